The van der Waals surface area contributed by atoms with Crippen molar-refractivity contribution >= 4 is 11.9 Å². The predicted molar refractivity (Wildman–Crippen MR) is 86.5 cm³/mol. The lowest BCUT2D eigenvalue weighted by molar-refractivity contribution is -0.145. The van der Waals surface area contributed by atoms with Crippen LogP contribution in [-0.4, -0.2) is 56.9 Å². The zero-order chi connectivity index (χ0) is 17.7. The maximum atomic E-state index is 12.0. The molecule has 1 saturated heterocycles. The second-order valence-electron chi connectivity index (χ2n) is 6.21. The van der Waals surface area contributed by atoms with E-state index in [-0.39, 0.29) is 30.6 Å². The zero-order valence-corrected chi connectivity index (χ0v) is 14.1. The fourth-order valence-electron chi connectivity index (χ4n) is 2.95. The van der Waals surface area contributed by atoms with Gasteiger partial charge < -0.3 is 20.4 Å². The zero-order valence-electron chi connectivity index (χ0n) is 14.1. The van der Waals surface area contributed by atoms with Crippen molar-refractivity contribution in [3.63, 3.8) is 0 Å². The van der Waals surface area contributed by atoms with Gasteiger partial charge in [-0.2, -0.15) is 0 Å². The fraction of sp³-hybridized carbons (Fsp3) is 0.625. The summed E-state index contributed by atoms with van der Waals surface area (Å²) in [5, 5.41) is 21.4. The number of aromatic nitrogens is 1. The van der Waals surface area contributed by atoms with Crippen molar-refractivity contribution in [3.05, 3.63) is 12.1 Å². The lowest BCUT2D eigenvalue weighted by atomic mass is 9.97. The molecule has 24 heavy (non-hydrogen) atoms. The first kappa shape index (κ1) is 18.1. The van der Waals surface area contributed by atoms with Crippen molar-refractivity contribution in [1.29, 1.82) is 0 Å². The monoisotopic (exact) mass is 339 g/mol. The normalized spacial score (nSPS) is 21.4. The summed E-state index contributed by atoms with van der Waals surface area (Å²) in [5.41, 5.74) is 0. The number of carbonyl (C=O) groups excluding carboxylic acids is 2. The largest absolute Gasteiger partial charge is 0.492 e. The Morgan fingerprint density at radius 1 is 1.21 bits per heavy atom. The summed E-state index contributed by atoms with van der Waals surface area (Å²) >= 11 is 0. The summed E-state index contributed by atoms with van der Waals surface area (Å²) in [6.45, 7) is 4.69. The second kappa shape index (κ2) is 8.05. The lowest BCUT2D eigenvalue weighted by Crippen LogP contribution is -2.48. The van der Waals surface area contributed by atoms with Crippen LogP contribution >= 0.6 is 0 Å². The summed E-state index contributed by atoms with van der Waals surface area (Å²) in [4.78, 5) is 30.7. The number of aromatic hydroxyl groups is 2. The van der Waals surface area contributed by atoms with Crippen molar-refractivity contribution in [2.45, 2.75) is 51.6 Å². The average Bonchev–Trinajstić information content (AvgIpc) is 2.83. The predicted octanol–water partition coefficient (Wildman–Crippen LogP) is 0.624. The number of rotatable bonds is 6. The number of hydrogen-bond donors (Lipinski definition) is 3. The minimum Gasteiger partial charge on any atom is -0.492 e. The quantitative estimate of drug-likeness (QED) is 0.702. The minimum atomic E-state index is -0.670. The Hall–Kier alpha value is -2.22. The van der Waals surface area contributed by atoms with Crippen LogP contribution < -0.4 is 10.2 Å². The van der Waals surface area contributed by atoms with Crippen LogP contribution in [0.4, 0.5) is 0 Å². The molecule has 0 saturated carbocycles. The Balaban J connectivity index is 1.71. The van der Waals surface area contributed by atoms with E-state index in [1.165, 1.54) is 18.6 Å². The molecule has 2 unspecified atom stereocenters. The lowest BCUT2D eigenvalue weighted by Gasteiger charge is -2.38. The Labute approximate surface area is 141 Å². The maximum Gasteiger partial charge on any atom is 0.334 e. The molecule has 8 nitrogen and oxygen atoms in total. The third kappa shape index (κ3) is 4.64. The molecule has 1 amide bonds. The fourth-order valence-corrected chi connectivity index (χ4v) is 2.95. The van der Waals surface area contributed by atoms with Crippen LogP contribution in [0.25, 0.3) is 0 Å². The molecule has 0 aliphatic carbocycles. The van der Waals surface area contributed by atoms with Gasteiger partial charge in [0.1, 0.15) is 0 Å². The van der Waals surface area contributed by atoms with Gasteiger partial charge in [0.05, 0.1) is 13.0 Å². The molecule has 0 bridgehead atoms. The molecule has 0 radical (unpaired) electrons. The first-order chi connectivity index (χ1) is 11.4. The van der Waals surface area contributed by atoms with Crippen LogP contribution in [0.1, 0.15) is 39.5 Å². The number of likely N-dealkylation sites (tertiary alicyclic amines) is 1. The van der Waals surface area contributed by atoms with Gasteiger partial charge in [-0.1, -0.05) is 6.42 Å². The Kier molecular flexibility index (Phi) is 6.08. The van der Waals surface area contributed by atoms with Gasteiger partial charge in [0.2, 0.25) is 17.7 Å². The first-order valence-electron chi connectivity index (χ1n) is 8.21. The average molecular weight is 339 g/mol. The molecule has 1 aromatic rings. The van der Waals surface area contributed by atoms with E-state index in [1.807, 2.05) is 0 Å². The molecule has 8 heteroatoms. The molecule has 2 rings (SSSR count). The molecule has 0 aromatic carbocycles. The van der Waals surface area contributed by atoms with Gasteiger partial charge >= 0.3 is 5.97 Å². The third-order valence-corrected chi connectivity index (χ3v) is 4.34. The molecule has 1 aliphatic rings. The van der Waals surface area contributed by atoms with E-state index in [0.29, 0.717) is 23.4 Å². The molecule has 134 valence electrons. The van der Waals surface area contributed by atoms with E-state index < -0.39 is 5.97 Å². The Bertz CT molecular complexity index is 557. The molecular weight excluding hydrogens is 314 g/mol. The number of carbonyl (C=O) groups is 2. The van der Waals surface area contributed by atoms with Gasteiger partial charge in [-0.25, -0.2) is 4.79 Å². The highest BCUT2D eigenvalue weighted by molar-refractivity contribution is 5.79. The topological polar surface area (TPSA) is 104 Å². The summed E-state index contributed by atoms with van der Waals surface area (Å²) < 4.78 is 0.626. The van der Waals surface area contributed by atoms with Crippen molar-refractivity contribution < 1.29 is 24.6 Å². The van der Waals surface area contributed by atoms with E-state index in [1.54, 1.807) is 0 Å². The van der Waals surface area contributed by atoms with E-state index in [9.17, 15) is 19.8 Å². The van der Waals surface area contributed by atoms with Gasteiger partial charge in [0.15, 0.2) is 0 Å². The van der Waals surface area contributed by atoms with E-state index in [0.717, 1.165) is 12.8 Å². The van der Waals surface area contributed by atoms with Crippen molar-refractivity contribution in [1.82, 2.24) is 14.9 Å². The molecule has 1 aromatic heterocycles. The first-order valence-corrected chi connectivity index (χ1v) is 8.21. The standard InChI is InChI=1S/C16H25N3O5/c1-11-4-3-5-12(2)18(11)10-13(20)17-9-8-16(23)24-19-14(21)6-7-15(19)22/h6-7,11-12,21-22H,3-5,8-10H2,1-2H3,(H,17,20). The summed E-state index contributed by atoms with van der Waals surface area (Å²) in [6, 6.07) is 3.16. The number of amides is 1. The van der Waals surface area contributed by atoms with Crippen molar-refractivity contribution in [2.75, 3.05) is 13.1 Å². The van der Waals surface area contributed by atoms with Crippen molar-refractivity contribution in [2.24, 2.45) is 0 Å². The number of nitrogens with zero attached hydrogens (tertiary/aromatic N) is 2. The van der Waals surface area contributed by atoms with E-state index >= 15 is 0 Å². The van der Waals surface area contributed by atoms with Crippen LogP contribution in [0.2, 0.25) is 0 Å². The maximum absolute atomic E-state index is 12.0. The highest BCUT2D eigenvalue weighted by Crippen LogP contribution is 2.21. The van der Waals surface area contributed by atoms with Crippen LogP contribution in [-0.2, 0) is 9.59 Å². The van der Waals surface area contributed by atoms with Gasteiger partial charge in [-0.3, -0.25) is 9.69 Å². The van der Waals surface area contributed by atoms with E-state index in [2.05, 4.69) is 24.1 Å². The van der Waals surface area contributed by atoms with E-state index in [4.69, 9.17) is 4.84 Å². The molecule has 0 spiro atoms. The van der Waals surface area contributed by atoms with Crippen LogP contribution in [0, 0.1) is 0 Å². The molecule has 1 aliphatic heterocycles. The Morgan fingerprint density at radius 2 is 1.79 bits per heavy atom. The van der Waals surface area contributed by atoms with Crippen molar-refractivity contribution in [3.8, 4) is 11.8 Å². The highest BCUT2D eigenvalue weighted by Gasteiger charge is 2.26. The van der Waals surface area contributed by atoms with Crippen LogP contribution in [0.3, 0.4) is 0 Å². The molecule has 1 fully saturated rings. The molecule has 2 heterocycles. The number of piperidine rings is 1. The smallest absolute Gasteiger partial charge is 0.334 e. The number of nitrogens with one attached hydrogen (secondary N) is 1. The minimum absolute atomic E-state index is 0.0616. The highest BCUT2D eigenvalue weighted by atomic mass is 16.7. The molecular formula is C16H25N3O5. The van der Waals surface area contributed by atoms with Gasteiger partial charge in [0.25, 0.3) is 0 Å². The Morgan fingerprint density at radius 3 is 2.38 bits per heavy atom. The van der Waals surface area contributed by atoms with Crippen LogP contribution in [0.5, 0.6) is 11.8 Å². The summed E-state index contributed by atoms with van der Waals surface area (Å²) in [6.07, 6.45) is 3.31. The third-order valence-electron chi connectivity index (χ3n) is 4.34. The van der Waals surface area contributed by atoms with Gasteiger partial charge in [-0.05, 0) is 26.7 Å². The number of hydrogen-bond acceptors (Lipinski definition) is 6. The summed E-state index contributed by atoms with van der Waals surface area (Å²) in [5.74, 6) is -1.55. The second-order valence-corrected chi connectivity index (χ2v) is 6.21. The SMILES string of the molecule is CC1CCCC(C)N1CC(=O)NCCC(=O)On1c(O)ccc1O. The van der Waals surface area contributed by atoms with Crippen LogP contribution in [0.15, 0.2) is 12.1 Å². The van der Waals surface area contributed by atoms with Gasteiger partial charge in [0, 0.05) is 30.8 Å². The van der Waals surface area contributed by atoms with Gasteiger partial charge in [-0.15, -0.1) is 4.73 Å². The summed E-state index contributed by atoms with van der Waals surface area (Å²) in [7, 11) is 0. The molecule has 2 atom stereocenters. The molecule has 3 N–H and O–H groups in total.